The monoisotopic (exact) mass is 242 g/mol. The van der Waals surface area contributed by atoms with Gasteiger partial charge in [-0.15, -0.1) is 0 Å². The van der Waals surface area contributed by atoms with E-state index in [1.165, 1.54) is 10.7 Å². The number of aliphatic hydroxyl groups is 1. The highest BCUT2D eigenvalue weighted by atomic mass is 19.2. The lowest BCUT2D eigenvalue weighted by Crippen LogP contribution is -2.06. The Balaban J connectivity index is 2.43. The zero-order valence-electron chi connectivity index (χ0n) is 8.86. The summed E-state index contributed by atoms with van der Waals surface area (Å²) in [5, 5.41) is 13.7. The Bertz CT molecular complexity index is 554. The highest BCUT2D eigenvalue weighted by molar-refractivity contribution is 5.27. The molecule has 17 heavy (non-hydrogen) atoms. The third kappa shape index (κ3) is 2.16. The molecule has 0 fully saturated rings. The van der Waals surface area contributed by atoms with Crippen molar-refractivity contribution in [3.05, 3.63) is 53.1 Å². The fraction of sp³-hybridized carbons (Fsp3) is 0.182. The second kappa shape index (κ2) is 4.21. The van der Waals surface area contributed by atoms with Gasteiger partial charge >= 0.3 is 0 Å². The molecule has 1 atom stereocenters. The van der Waals surface area contributed by atoms with Gasteiger partial charge in [-0.3, -0.25) is 4.68 Å². The number of aliphatic hydroxyl groups excluding tert-OH is 1. The first kappa shape index (κ1) is 11.7. The summed E-state index contributed by atoms with van der Waals surface area (Å²) < 4.78 is 40.5. The third-order valence-corrected chi connectivity index (χ3v) is 2.35. The zero-order valence-corrected chi connectivity index (χ0v) is 8.86. The van der Waals surface area contributed by atoms with Crippen LogP contribution in [-0.2, 0) is 7.05 Å². The Labute approximate surface area is 95.1 Å². The predicted octanol–water partition coefficient (Wildman–Crippen LogP) is 1.92. The maximum Gasteiger partial charge on any atom is 0.161 e. The van der Waals surface area contributed by atoms with Crippen molar-refractivity contribution in [1.29, 1.82) is 0 Å². The van der Waals surface area contributed by atoms with Crippen molar-refractivity contribution in [2.24, 2.45) is 7.05 Å². The average molecular weight is 242 g/mol. The summed E-state index contributed by atoms with van der Waals surface area (Å²) in [4.78, 5) is 0. The Hall–Kier alpha value is -1.82. The van der Waals surface area contributed by atoms with Gasteiger partial charge in [-0.2, -0.15) is 5.10 Å². The molecular formula is C11H9F3N2O. The van der Waals surface area contributed by atoms with Gasteiger partial charge < -0.3 is 5.11 Å². The molecule has 0 radical (unpaired) electrons. The van der Waals surface area contributed by atoms with Crippen LogP contribution in [0.2, 0.25) is 0 Å². The molecule has 1 unspecified atom stereocenters. The Morgan fingerprint density at radius 1 is 1.18 bits per heavy atom. The molecule has 2 aromatic rings. The molecule has 1 heterocycles. The molecule has 0 spiro atoms. The van der Waals surface area contributed by atoms with Gasteiger partial charge in [0.25, 0.3) is 0 Å². The number of benzene rings is 1. The molecular weight excluding hydrogens is 233 g/mol. The first-order valence-corrected chi connectivity index (χ1v) is 4.81. The summed E-state index contributed by atoms with van der Waals surface area (Å²) in [6, 6.07) is 2.49. The summed E-state index contributed by atoms with van der Waals surface area (Å²) in [7, 11) is 1.62. The van der Waals surface area contributed by atoms with E-state index in [-0.39, 0.29) is 11.3 Å². The molecule has 0 saturated carbocycles. The highest BCUT2D eigenvalue weighted by Gasteiger charge is 2.20. The maximum atomic E-state index is 13.4. The van der Waals surface area contributed by atoms with E-state index < -0.39 is 23.6 Å². The molecule has 0 aliphatic carbocycles. The number of aryl methyl sites for hydroxylation is 1. The van der Waals surface area contributed by atoms with E-state index in [4.69, 9.17) is 0 Å². The summed E-state index contributed by atoms with van der Waals surface area (Å²) in [6.07, 6.45) is 0.127. The van der Waals surface area contributed by atoms with Crippen molar-refractivity contribution >= 4 is 0 Å². The lowest BCUT2D eigenvalue weighted by molar-refractivity contribution is 0.208. The molecule has 0 bridgehead atoms. The van der Waals surface area contributed by atoms with Crippen molar-refractivity contribution in [3.63, 3.8) is 0 Å². The first-order valence-electron chi connectivity index (χ1n) is 4.81. The summed E-state index contributed by atoms with van der Waals surface area (Å²) >= 11 is 0. The van der Waals surface area contributed by atoms with Crippen LogP contribution in [0.5, 0.6) is 0 Å². The molecule has 6 heteroatoms. The topological polar surface area (TPSA) is 38.0 Å². The Morgan fingerprint density at radius 2 is 1.82 bits per heavy atom. The van der Waals surface area contributed by atoms with Crippen LogP contribution in [0.25, 0.3) is 0 Å². The molecule has 1 aromatic heterocycles. The van der Waals surface area contributed by atoms with Crippen LogP contribution in [0.4, 0.5) is 13.2 Å². The van der Waals surface area contributed by atoms with Crippen molar-refractivity contribution in [2.75, 3.05) is 0 Å². The van der Waals surface area contributed by atoms with Crippen LogP contribution in [0, 0.1) is 17.5 Å². The minimum absolute atomic E-state index is 0.164. The van der Waals surface area contributed by atoms with Crippen LogP contribution >= 0.6 is 0 Å². The fourth-order valence-corrected chi connectivity index (χ4v) is 1.49. The van der Waals surface area contributed by atoms with Gasteiger partial charge in [0, 0.05) is 24.9 Å². The summed E-state index contributed by atoms with van der Waals surface area (Å²) in [5.41, 5.74) is -0.181. The molecule has 1 aromatic carbocycles. The fourth-order valence-electron chi connectivity index (χ4n) is 1.49. The van der Waals surface area contributed by atoms with Gasteiger partial charge in [-0.05, 0) is 12.1 Å². The molecule has 2 rings (SSSR count). The quantitative estimate of drug-likeness (QED) is 0.817. The lowest BCUT2D eigenvalue weighted by Gasteiger charge is -2.09. The van der Waals surface area contributed by atoms with Gasteiger partial charge in [0.05, 0.1) is 5.69 Å². The number of nitrogens with zero attached hydrogens (tertiary/aromatic N) is 2. The van der Waals surface area contributed by atoms with Crippen molar-refractivity contribution in [1.82, 2.24) is 9.78 Å². The van der Waals surface area contributed by atoms with E-state index >= 15 is 0 Å². The number of halogens is 3. The number of aromatic nitrogens is 2. The average Bonchev–Trinajstić information content (AvgIpc) is 2.69. The SMILES string of the molecule is Cn1ccc(C(O)c2cc(F)c(F)cc2F)n1. The van der Waals surface area contributed by atoms with Crippen LogP contribution in [0.1, 0.15) is 17.4 Å². The zero-order chi connectivity index (χ0) is 12.6. The summed E-state index contributed by atoms with van der Waals surface area (Å²) in [6.45, 7) is 0. The van der Waals surface area contributed by atoms with Crippen LogP contribution < -0.4 is 0 Å². The van der Waals surface area contributed by atoms with Gasteiger partial charge in [-0.1, -0.05) is 0 Å². The van der Waals surface area contributed by atoms with Gasteiger partial charge in [-0.25, -0.2) is 13.2 Å². The number of rotatable bonds is 2. The minimum atomic E-state index is -1.42. The molecule has 0 amide bonds. The van der Waals surface area contributed by atoms with Crippen LogP contribution in [-0.4, -0.2) is 14.9 Å². The van der Waals surface area contributed by atoms with E-state index in [2.05, 4.69) is 5.10 Å². The van der Waals surface area contributed by atoms with E-state index in [1.54, 1.807) is 13.2 Å². The Morgan fingerprint density at radius 3 is 2.41 bits per heavy atom. The molecule has 0 saturated heterocycles. The van der Waals surface area contributed by atoms with E-state index in [9.17, 15) is 18.3 Å². The second-order valence-corrected chi connectivity index (χ2v) is 3.60. The Kier molecular flexibility index (Phi) is 2.89. The largest absolute Gasteiger partial charge is 0.382 e. The minimum Gasteiger partial charge on any atom is -0.382 e. The van der Waals surface area contributed by atoms with Crippen molar-refractivity contribution in [3.8, 4) is 0 Å². The first-order chi connectivity index (χ1) is 7.99. The van der Waals surface area contributed by atoms with Crippen molar-refractivity contribution in [2.45, 2.75) is 6.10 Å². The third-order valence-electron chi connectivity index (χ3n) is 2.35. The highest BCUT2D eigenvalue weighted by Crippen LogP contribution is 2.24. The summed E-state index contributed by atoms with van der Waals surface area (Å²) in [5.74, 6) is -3.52. The lowest BCUT2D eigenvalue weighted by atomic mass is 10.1. The molecule has 0 aliphatic heterocycles. The predicted molar refractivity (Wildman–Crippen MR) is 53.6 cm³/mol. The number of hydrogen-bond donors (Lipinski definition) is 1. The smallest absolute Gasteiger partial charge is 0.161 e. The molecule has 3 nitrogen and oxygen atoms in total. The van der Waals surface area contributed by atoms with E-state index in [0.29, 0.717) is 12.1 Å². The maximum absolute atomic E-state index is 13.4. The van der Waals surface area contributed by atoms with Gasteiger partial charge in [0.2, 0.25) is 0 Å². The van der Waals surface area contributed by atoms with Gasteiger partial charge in [0.1, 0.15) is 11.9 Å². The number of hydrogen-bond acceptors (Lipinski definition) is 2. The standard InChI is InChI=1S/C11H9F3N2O/c1-16-3-2-10(15-16)11(17)6-4-8(13)9(14)5-7(6)12/h2-5,11,17H,1H3. The second-order valence-electron chi connectivity index (χ2n) is 3.60. The van der Waals surface area contributed by atoms with Crippen LogP contribution in [0.15, 0.2) is 24.4 Å². The molecule has 90 valence electrons. The van der Waals surface area contributed by atoms with E-state index in [1.807, 2.05) is 0 Å². The normalized spacial score (nSPS) is 12.8. The van der Waals surface area contributed by atoms with E-state index in [0.717, 1.165) is 0 Å². The molecule has 1 N–H and O–H groups in total. The van der Waals surface area contributed by atoms with Crippen molar-refractivity contribution < 1.29 is 18.3 Å². The molecule has 0 aliphatic rings. The van der Waals surface area contributed by atoms with Gasteiger partial charge in [0.15, 0.2) is 11.6 Å². The van der Waals surface area contributed by atoms with Crippen LogP contribution in [0.3, 0.4) is 0 Å².